The second-order valence-corrected chi connectivity index (χ2v) is 15.2. The maximum Gasteiger partial charge on any atom is 0.253 e. The number of carbonyl (C=O) groups excluding carboxylic acids is 3. The molecular formula is C38H47N11O3. The Morgan fingerprint density at radius 2 is 1.44 bits per heavy atom. The van der Waals surface area contributed by atoms with Gasteiger partial charge in [-0.1, -0.05) is 17.3 Å². The smallest absolute Gasteiger partial charge is 0.253 e. The number of rotatable bonds is 8. The predicted molar refractivity (Wildman–Crippen MR) is 191 cm³/mol. The second-order valence-electron chi connectivity index (χ2n) is 15.2. The molecule has 4 fully saturated rings. The molecule has 4 heterocycles. The molecule has 2 aliphatic carbocycles. The zero-order chi connectivity index (χ0) is 36.0. The number of aryl methyl sites for hydroxylation is 2. The summed E-state index contributed by atoms with van der Waals surface area (Å²) in [4.78, 5) is 51.0. The lowest BCUT2D eigenvalue weighted by Gasteiger charge is -2.35. The molecule has 1 aromatic heterocycles. The quantitative estimate of drug-likeness (QED) is 0.323. The molecule has 52 heavy (non-hydrogen) atoms. The minimum atomic E-state index is -0.889. The topological polar surface area (TPSA) is 158 Å². The van der Waals surface area contributed by atoms with Gasteiger partial charge in [-0.2, -0.15) is 10.5 Å². The molecule has 0 spiro atoms. The number of tetrazole rings is 1. The number of hydrogen-bond acceptors (Lipinski definition) is 10. The molecule has 3 amide bonds. The van der Waals surface area contributed by atoms with Gasteiger partial charge in [0.1, 0.15) is 6.04 Å². The number of likely N-dealkylation sites (tertiary alicyclic amines) is 1. The van der Waals surface area contributed by atoms with Gasteiger partial charge >= 0.3 is 0 Å². The summed E-state index contributed by atoms with van der Waals surface area (Å²) in [5.41, 5.74) is 4.44. The van der Waals surface area contributed by atoms with E-state index in [0.29, 0.717) is 74.9 Å². The Balaban J connectivity index is 1.14. The van der Waals surface area contributed by atoms with Crippen LogP contribution < -0.4 is 5.32 Å². The number of piperidine rings is 1. The summed E-state index contributed by atoms with van der Waals surface area (Å²) >= 11 is 0. The van der Waals surface area contributed by atoms with Gasteiger partial charge in [0.15, 0.2) is 5.82 Å². The summed E-state index contributed by atoms with van der Waals surface area (Å²) in [5, 5.41) is 28.9. The predicted octanol–water partition coefficient (Wildman–Crippen LogP) is 0.901. The molecule has 0 radical (unpaired) electrons. The highest BCUT2D eigenvalue weighted by Crippen LogP contribution is 2.48. The summed E-state index contributed by atoms with van der Waals surface area (Å²) in [6, 6.07) is 14.2. The third kappa shape index (κ3) is 6.24. The minimum Gasteiger partial charge on any atom is -0.336 e. The zero-order valence-corrected chi connectivity index (χ0v) is 30.1. The van der Waals surface area contributed by atoms with Gasteiger partial charge in [-0.25, -0.2) is 0 Å². The maximum atomic E-state index is 13.8. The van der Waals surface area contributed by atoms with Crippen molar-refractivity contribution in [3.05, 3.63) is 75.6 Å². The number of amides is 3. The molecule has 14 heteroatoms. The largest absolute Gasteiger partial charge is 0.336 e. The molecule has 3 saturated heterocycles. The minimum absolute atomic E-state index is 0.0264. The van der Waals surface area contributed by atoms with Gasteiger partial charge in [0.2, 0.25) is 5.91 Å². The number of H-pyrrole nitrogens is 1. The van der Waals surface area contributed by atoms with E-state index in [1.54, 1.807) is 4.90 Å². The first-order valence-electron chi connectivity index (χ1n) is 18.6. The van der Waals surface area contributed by atoms with Crippen molar-refractivity contribution < 1.29 is 14.4 Å². The molecule has 8 rings (SSSR count). The normalized spacial score (nSPS) is 24.0. The van der Waals surface area contributed by atoms with E-state index in [0.717, 1.165) is 61.3 Å². The number of nitrogens with one attached hydrogen (secondary N) is 2. The highest BCUT2D eigenvalue weighted by Gasteiger charge is 2.54. The van der Waals surface area contributed by atoms with Gasteiger partial charge in [0, 0.05) is 69.5 Å². The SMILES string of the molecule is CN1CCN(C(=O)c2ccc3c(c2)CCc2cc(C(=O)N4CCN(C)CC4)ccc2C3(CCNCC(=O)N2C(C#N)C[C@@H]3C[C@@H]32)c2nn[nH]n2)CC1. The van der Waals surface area contributed by atoms with E-state index in [1.165, 1.54) is 0 Å². The van der Waals surface area contributed by atoms with Crippen molar-refractivity contribution in [3.63, 3.8) is 0 Å². The van der Waals surface area contributed by atoms with Gasteiger partial charge in [0.05, 0.1) is 18.0 Å². The van der Waals surface area contributed by atoms with Gasteiger partial charge in [-0.15, -0.1) is 10.2 Å². The van der Waals surface area contributed by atoms with Crippen LogP contribution in [0.15, 0.2) is 36.4 Å². The summed E-state index contributed by atoms with van der Waals surface area (Å²) < 4.78 is 0. The lowest BCUT2D eigenvalue weighted by Crippen LogP contribution is -2.47. The van der Waals surface area contributed by atoms with Crippen LogP contribution in [-0.2, 0) is 23.1 Å². The molecule has 3 atom stereocenters. The average Bonchev–Trinajstić information content (AvgIpc) is 3.54. The van der Waals surface area contributed by atoms with Crippen LogP contribution in [0.1, 0.15) is 68.1 Å². The van der Waals surface area contributed by atoms with Crippen LogP contribution >= 0.6 is 0 Å². The molecule has 3 aromatic rings. The summed E-state index contributed by atoms with van der Waals surface area (Å²) in [5.74, 6) is 0.949. The van der Waals surface area contributed by atoms with Crippen molar-refractivity contribution in [2.45, 2.75) is 49.6 Å². The van der Waals surface area contributed by atoms with Crippen LogP contribution in [0.2, 0.25) is 0 Å². The number of fused-ring (bicyclic) bond motifs is 3. The Labute approximate surface area is 304 Å². The lowest BCUT2D eigenvalue weighted by atomic mass is 9.69. The number of piperazine rings is 2. The van der Waals surface area contributed by atoms with E-state index in [2.05, 4.69) is 55.9 Å². The van der Waals surface area contributed by atoms with Crippen molar-refractivity contribution >= 4 is 17.7 Å². The molecule has 2 N–H and O–H groups in total. The molecule has 1 saturated carbocycles. The summed E-state index contributed by atoms with van der Waals surface area (Å²) in [7, 11) is 4.15. The summed E-state index contributed by atoms with van der Waals surface area (Å²) in [6.45, 7) is 6.69. The Morgan fingerprint density at radius 3 is 1.96 bits per heavy atom. The van der Waals surface area contributed by atoms with E-state index in [4.69, 9.17) is 0 Å². The van der Waals surface area contributed by atoms with Crippen LogP contribution in [0.3, 0.4) is 0 Å². The van der Waals surface area contributed by atoms with E-state index < -0.39 is 5.41 Å². The molecule has 5 aliphatic rings. The van der Waals surface area contributed by atoms with E-state index in [9.17, 15) is 19.6 Å². The van der Waals surface area contributed by atoms with Crippen LogP contribution in [0.5, 0.6) is 0 Å². The number of carbonyl (C=O) groups is 3. The Hall–Kier alpha value is -4.71. The highest BCUT2D eigenvalue weighted by molar-refractivity contribution is 5.95. The first-order valence-corrected chi connectivity index (χ1v) is 18.6. The molecule has 2 aromatic carbocycles. The Bertz CT molecular complexity index is 1790. The second kappa shape index (κ2) is 14.0. The molecular weight excluding hydrogens is 658 g/mol. The third-order valence-corrected chi connectivity index (χ3v) is 12.1. The van der Waals surface area contributed by atoms with Crippen molar-refractivity contribution in [2.24, 2.45) is 5.92 Å². The average molecular weight is 706 g/mol. The summed E-state index contributed by atoms with van der Waals surface area (Å²) in [6.07, 6.45) is 3.57. The van der Waals surface area contributed by atoms with E-state index in [-0.39, 0.29) is 36.3 Å². The van der Waals surface area contributed by atoms with Crippen LogP contribution in [0.25, 0.3) is 0 Å². The van der Waals surface area contributed by atoms with Crippen LogP contribution in [0, 0.1) is 17.2 Å². The van der Waals surface area contributed by atoms with Crippen LogP contribution in [-0.4, -0.2) is 154 Å². The van der Waals surface area contributed by atoms with Gasteiger partial charge in [0.25, 0.3) is 11.8 Å². The van der Waals surface area contributed by atoms with Crippen molar-refractivity contribution in [2.75, 3.05) is 79.5 Å². The molecule has 1 unspecified atom stereocenters. The van der Waals surface area contributed by atoms with Crippen LogP contribution in [0.4, 0.5) is 0 Å². The van der Waals surface area contributed by atoms with E-state index >= 15 is 0 Å². The molecule has 3 aliphatic heterocycles. The standard InChI is InChI=1S/C38H47N11O3/c1-45-11-15-47(16-12-45)35(51)27-5-7-31-25(19-27)3-4-26-20-28(36(52)48-17-13-46(2)14-18-48)6-8-32(26)38(31,37-41-43-44-42-37)9-10-40-24-34(50)49-30(23-39)21-29-22-33(29)49/h5-8,19-20,29-30,33,40H,3-4,9-18,21-22,24H2,1-2H3,(H,41,42,43,44)/t29-,30?,33+/m1/s1. The number of benzene rings is 2. The third-order valence-electron chi connectivity index (χ3n) is 12.1. The highest BCUT2D eigenvalue weighted by atomic mass is 16.2. The van der Waals surface area contributed by atoms with Crippen molar-refractivity contribution in [3.8, 4) is 6.07 Å². The number of likely N-dealkylation sites (N-methyl/N-ethyl adjacent to an activating group) is 2. The number of aromatic amines is 1. The molecule has 272 valence electrons. The number of nitriles is 1. The fraction of sp³-hybridized carbons (Fsp3) is 0.553. The molecule has 0 bridgehead atoms. The zero-order valence-electron chi connectivity index (χ0n) is 30.1. The lowest BCUT2D eigenvalue weighted by molar-refractivity contribution is -0.131. The number of hydrogen-bond donors (Lipinski definition) is 2. The monoisotopic (exact) mass is 705 g/mol. The fourth-order valence-corrected chi connectivity index (χ4v) is 8.96. The Kier molecular flexibility index (Phi) is 9.27. The van der Waals surface area contributed by atoms with Crippen molar-refractivity contribution in [1.82, 2.24) is 50.4 Å². The number of nitrogens with zero attached hydrogens (tertiary/aromatic N) is 9. The van der Waals surface area contributed by atoms with Crippen molar-refractivity contribution in [1.29, 1.82) is 5.26 Å². The number of aromatic nitrogens is 4. The van der Waals surface area contributed by atoms with E-state index in [1.807, 2.05) is 46.2 Å². The Morgan fingerprint density at radius 1 is 0.865 bits per heavy atom. The van der Waals surface area contributed by atoms with Gasteiger partial charge < -0.3 is 29.8 Å². The van der Waals surface area contributed by atoms with Gasteiger partial charge in [-0.3, -0.25) is 14.4 Å². The first-order chi connectivity index (χ1) is 25.3. The first kappa shape index (κ1) is 34.4. The maximum absolute atomic E-state index is 13.8. The van der Waals surface area contributed by atoms with Gasteiger partial charge in [-0.05, 0) is 105 Å². The molecule has 14 nitrogen and oxygen atoms in total. The fourth-order valence-electron chi connectivity index (χ4n) is 8.96.